The molecule has 0 aliphatic carbocycles. The topological polar surface area (TPSA) is 50.3 Å². The van der Waals surface area contributed by atoms with Crippen LogP contribution in [0, 0.1) is 0 Å². The average molecular weight is 407 g/mol. The molecule has 4 nitrogen and oxygen atoms in total. The number of carbonyl (C=O) groups is 1. The van der Waals surface area contributed by atoms with Gasteiger partial charge in [0.2, 0.25) is 0 Å². The van der Waals surface area contributed by atoms with Gasteiger partial charge in [-0.05, 0) is 61.0 Å². The molecule has 1 aliphatic rings. The van der Waals surface area contributed by atoms with Gasteiger partial charge in [-0.15, -0.1) is 0 Å². The van der Waals surface area contributed by atoms with E-state index in [9.17, 15) is 9.00 Å². The molecular formula is C24H26N2O2S. The van der Waals surface area contributed by atoms with Gasteiger partial charge in [-0.25, -0.2) is 4.98 Å². The number of rotatable bonds is 4. The zero-order chi connectivity index (χ0) is 20.4. The van der Waals surface area contributed by atoms with Gasteiger partial charge in [0.05, 0.1) is 11.4 Å². The molecule has 1 aromatic heterocycles. The first kappa shape index (κ1) is 19.6. The van der Waals surface area contributed by atoms with E-state index in [2.05, 4.69) is 17.8 Å². The van der Waals surface area contributed by atoms with E-state index in [1.54, 1.807) is 6.07 Å². The Morgan fingerprint density at radius 1 is 1.10 bits per heavy atom. The first-order chi connectivity index (χ1) is 14.0. The van der Waals surface area contributed by atoms with Crippen LogP contribution < -0.4 is 0 Å². The van der Waals surface area contributed by atoms with E-state index in [4.69, 9.17) is 0 Å². The van der Waals surface area contributed by atoms with Crippen molar-refractivity contribution >= 4 is 32.1 Å². The van der Waals surface area contributed by atoms with Gasteiger partial charge in [0.1, 0.15) is 5.69 Å². The molecule has 29 heavy (non-hydrogen) atoms. The zero-order valence-electron chi connectivity index (χ0n) is 16.7. The van der Waals surface area contributed by atoms with E-state index in [1.165, 1.54) is 0 Å². The van der Waals surface area contributed by atoms with Crippen LogP contribution in [0.5, 0.6) is 0 Å². The summed E-state index contributed by atoms with van der Waals surface area (Å²) in [6.07, 6.45) is 3.22. The Balaban J connectivity index is 1.63. The maximum absolute atomic E-state index is 13.6. The molecule has 1 aliphatic heterocycles. The van der Waals surface area contributed by atoms with Crippen LogP contribution in [-0.4, -0.2) is 38.5 Å². The normalized spacial score (nSPS) is 19.1. The molecule has 2 heterocycles. The minimum Gasteiger partial charge on any atom is -0.335 e. The third-order valence-corrected chi connectivity index (χ3v) is 7.54. The van der Waals surface area contributed by atoms with Gasteiger partial charge in [0.15, 0.2) is 0 Å². The molecule has 3 aromatic rings. The van der Waals surface area contributed by atoms with Crippen LogP contribution in [0.3, 0.4) is 0 Å². The fourth-order valence-electron chi connectivity index (χ4n) is 4.06. The summed E-state index contributed by atoms with van der Waals surface area (Å²) in [6.45, 7) is 2.86. The summed E-state index contributed by atoms with van der Waals surface area (Å²) in [4.78, 5) is 20.2. The van der Waals surface area contributed by atoms with Crippen LogP contribution in [0.4, 0.5) is 0 Å². The Morgan fingerprint density at radius 3 is 2.69 bits per heavy atom. The largest absolute Gasteiger partial charge is 0.335 e. The Kier molecular flexibility index (Phi) is 5.41. The van der Waals surface area contributed by atoms with Crippen LogP contribution >= 0.6 is 0 Å². The molecule has 0 radical (unpaired) electrons. The molecule has 150 valence electrons. The van der Waals surface area contributed by atoms with Gasteiger partial charge < -0.3 is 4.90 Å². The number of pyridine rings is 1. The van der Waals surface area contributed by atoms with Gasteiger partial charge >= 0.3 is 0 Å². The lowest BCUT2D eigenvalue weighted by Gasteiger charge is -2.33. The minimum absolute atomic E-state index is 0.0419. The van der Waals surface area contributed by atoms with Gasteiger partial charge in [-0.1, -0.05) is 42.5 Å². The van der Waals surface area contributed by atoms with Crippen LogP contribution in [-0.2, 0) is 15.3 Å². The summed E-state index contributed by atoms with van der Waals surface area (Å²) in [5.74, 6) is 4.22. The summed E-state index contributed by atoms with van der Waals surface area (Å²) >= 11 is 0. The fourth-order valence-corrected chi connectivity index (χ4v) is 5.77. The maximum Gasteiger partial charge on any atom is 0.272 e. The van der Waals surface area contributed by atoms with E-state index < -0.39 is 9.52 Å². The number of fused-ring (bicyclic) bond motifs is 1. The Hall–Kier alpha value is -2.66. The molecule has 1 saturated heterocycles. The van der Waals surface area contributed by atoms with Crippen LogP contribution in [0.2, 0.25) is 0 Å². The predicted molar refractivity (Wildman–Crippen MR) is 120 cm³/mol. The first-order valence-electron chi connectivity index (χ1n) is 10.1. The lowest BCUT2D eigenvalue weighted by Crippen LogP contribution is -2.42. The molecule has 5 heteroatoms. The van der Waals surface area contributed by atoms with E-state index in [-0.39, 0.29) is 17.7 Å². The number of carbonyl (C=O) groups excluding carboxylic acids is 1. The standard InChI is InChI=1S/C24H26N2O2S/c1-18-9-5-6-16-26(18)24(27)22-14-8-12-20(25-22)17-29(2,28)23-15-7-11-19-10-3-4-13-21(19)23/h3-4,7-8,10-15,18H,2,5-6,9,16-17H2,1H3. The van der Waals surface area contributed by atoms with Crippen molar-refractivity contribution < 1.29 is 9.00 Å². The predicted octanol–water partition coefficient (Wildman–Crippen LogP) is 4.52. The summed E-state index contributed by atoms with van der Waals surface area (Å²) in [5.41, 5.74) is 1.05. The first-order valence-corrected chi connectivity index (χ1v) is 11.9. The molecule has 0 saturated carbocycles. The highest BCUT2D eigenvalue weighted by atomic mass is 32.2. The van der Waals surface area contributed by atoms with Gasteiger partial charge in [-0.3, -0.25) is 9.00 Å². The van der Waals surface area contributed by atoms with Crippen LogP contribution in [0.1, 0.15) is 42.4 Å². The van der Waals surface area contributed by atoms with Crippen molar-refractivity contribution in [2.24, 2.45) is 0 Å². The molecule has 0 N–H and O–H groups in total. The van der Waals surface area contributed by atoms with E-state index in [0.717, 1.165) is 41.5 Å². The third-order valence-electron chi connectivity index (χ3n) is 5.62. The van der Waals surface area contributed by atoms with Crippen LogP contribution in [0.25, 0.3) is 10.8 Å². The second-order valence-corrected chi connectivity index (χ2v) is 10.1. The number of likely N-dealkylation sites (tertiary alicyclic amines) is 1. The maximum atomic E-state index is 13.6. The second-order valence-electron chi connectivity index (χ2n) is 7.79. The molecule has 4 rings (SSSR count). The van der Waals surface area contributed by atoms with E-state index in [0.29, 0.717) is 11.4 Å². The van der Waals surface area contributed by atoms with E-state index in [1.807, 2.05) is 59.5 Å². The van der Waals surface area contributed by atoms with Crippen molar-refractivity contribution in [2.45, 2.75) is 42.9 Å². The van der Waals surface area contributed by atoms with Crippen molar-refractivity contribution in [1.82, 2.24) is 9.88 Å². The fraction of sp³-hybridized carbons (Fsp3) is 0.292. The molecule has 2 unspecified atom stereocenters. The van der Waals surface area contributed by atoms with Gasteiger partial charge in [0, 0.05) is 27.0 Å². The van der Waals surface area contributed by atoms with Crippen molar-refractivity contribution in [3.63, 3.8) is 0 Å². The van der Waals surface area contributed by atoms with Crippen molar-refractivity contribution in [1.29, 1.82) is 0 Å². The number of hydrogen-bond donors (Lipinski definition) is 0. The van der Waals surface area contributed by atoms with Crippen molar-refractivity contribution in [3.05, 3.63) is 72.1 Å². The monoisotopic (exact) mass is 406 g/mol. The highest BCUT2D eigenvalue weighted by Gasteiger charge is 2.25. The number of hydrogen-bond acceptors (Lipinski definition) is 3. The Morgan fingerprint density at radius 2 is 1.86 bits per heavy atom. The Bertz CT molecular complexity index is 1150. The van der Waals surface area contributed by atoms with Crippen molar-refractivity contribution in [2.75, 3.05) is 6.54 Å². The Labute approximate surface area is 172 Å². The summed E-state index contributed by atoms with van der Waals surface area (Å²) in [7, 11) is -2.61. The average Bonchev–Trinajstić information content (AvgIpc) is 2.73. The minimum atomic E-state index is -2.61. The molecule has 2 aromatic carbocycles. The highest BCUT2D eigenvalue weighted by molar-refractivity contribution is 7.99. The van der Waals surface area contributed by atoms with Crippen LogP contribution in [0.15, 0.2) is 65.6 Å². The summed E-state index contributed by atoms with van der Waals surface area (Å²) in [6, 6.07) is 19.3. The summed E-state index contributed by atoms with van der Waals surface area (Å²) < 4.78 is 13.6. The number of benzene rings is 2. The molecule has 1 fully saturated rings. The molecule has 2 atom stereocenters. The molecule has 0 spiro atoms. The molecule has 1 amide bonds. The third kappa shape index (κ3) is 4.06. The smallest absolute Gasteiger partial charge is 0.272 e. The highest BCUT2D eigenvalue weighted by Crippen LogP contribution is 2.26. The zero-order valence-corrected chi connectivity index (χ0v) is 17.5. The van der Waals surface area contributed by atoms with Gasteiger partial charge in [-0.2, -0.15) is 0 Å². The summed E-state index contributed by atoms with van der Waals surface area (Å²) in [5, 5.41) is 1.99. The lowest BCUT2D eigenvalue weighted by atomic mass is 10.0. The van der Waals surface area contributed by atoms with E-state index >= 15 is 0 Å². The second kappa shape index (κ2) is 7.99. The SMILES string of the molecule is C=S(=O)(Cc1cccc(C(=O)N2CCCCC2C)n1)c1cccc2ccccc12. The van der Waals surface area contributed by atoms with Gasteiger partial charge in [0.25, 0.3) is 5.91 Å². The molecular weight excluding hydrogens is 380 g/mol. The quantitative estimate of drug-likeness (QED) is 0.599. The molecule has 0 bridgehead atoms. The number of piperidine rings is 1. The number of nitrogens with zero attached hydrogens (tertiary/aromatic N) is 2. The lowest BCUT2D eigenvalue weighted by molar-refractivity contribution is 0.0629. The van der Waals surface area contributed by atoms with Crippen molar-refractivity contribution in [3.8, 4) is 0 Å². The number of aromatic nitrogens is 1. The number of amides is 1.